The van der Waals surface area contributed by atoms with Gasteiger partial charge in [0.1, 0.15) is 159 Å². The summed E-state index contributed by atoms with van der Waals surface area (Å²) in [5, 5.41) is 73.8. The zero-order chi connectivity index (χ0) is 107. The first-order valence-electron chi connectivity index (χ1n) is 43.7. The van der Waals surface area contributed by atoms with Crippen LogP contribution < -0.4 is 21.3 Å². The summed E-state index contributed by atoms with van der Waals surface area (Å²) >= 11 is 0.420. The molecule has 9 heterocycles. The molecular weight excluding hydrogens is 2190 g/mol. The van der Waals surface area contributed by atoms with Crippen molar-refractivity contribution in [1.29, 1.82) is 0 Å². The highest BCUT2D eigenvalue weighted by molar-refractivity contribution is 8.00. The molecule has 66 nitrogen and oxygen atoms in total. The fraction of sp³-hybridized carbons (Fsp3) is 0.958. The average molecular weight is 2310 g/mol. The van der Waals surface area contributed by atoms with Gasteiger partial charge in [-0.3, -0.25) is 44.5 Å². The topological polar surface area (TPSA) is 806 Å². The standard InChI is InChI=1S/C71H124N4O62S9/c1-96-24-33-44(52(101-6)59(106-11)66(114-33)121-45-34(25-97-2)115-67(60(107-12)53(45)102-7)122-46-35(26-98-3)116-68(61(108-13)54(46)103-8)123-47-36(27-109-143(84,85)86)112-64(78)57(104-9)50(47)99-4)120-65-58(105-10)51(100-5)43(32(113-65)23-73-41(77)20-15-14-18-22-72-40(76)21-17-16-19-39-42-31(30-138-39)74-71(79)75-42)119-70-63(129-146(93,94)95)55(126-140-135-131-81)48(37(117-70)28-110-144(87,88)89)124-69-62(128-142-137-133-83)56(127-141-136-132-82)49(125-139-134-130-80)38(118-69)29-111-145(90,91)92/h31-39,42-70,78,80-83H,14-30H2,1-13H3,(H,72,76)(H,73,77)(H2,74,75,79)(H,84,85,86)(H,87,88,89)(H,90,91,92)(H,93,94,95)/t31?,32?,33?,34-,35-,36?,37-,38-,39?,42?,43+,44+,45+,46+,47+,48+,49+,50-,51-,52-,53?,54?,55?,56?,57?,58?,59?,60?,61?,62?,63?,64+,65+,66-,67+,68-,69+,70-/m0/s1. The Morgan fingerprint density at radius 1 is 0.356 bits per heavy atom. The zero-order valence-electron chi connectivity index (χ0n) is 79.8. The third-order valence-corrected chi connectivity index (χ3v) is 28.8. The molecule has 0 spiro atoms. The molecule has 0 saturated carbocycles. The second kappa shape index (κ2) is 63.3. The number of amides is 4. The van der Waals surface area contributed by atoms with E-state index in [2.05, 4.69) is 67.1 Å². The lowest BCUT2D eigenvalue weighted by molar-refractivity contribution is -0.437. The van der Waals surface area contributed by atoms with E-state index in [0.29, 0.717) is 19.3 Å². The molecule has 9 rings (SSSR count). The second-order valence-electron chi connectivity index (χ2n) is 32.3. The monoisotopic (exact) mass is 2310 g/mol. The minimum atomic E-state index is -6.03. The normalized spacial score (nSPS) is 36.8. The van der Waals surface area contributed by atoms with Crippen molar-refractivity contribution in [3.05, 3.63) is 0 Å². The first-order valence-corrected chi connectivity index (χ1v) is 52.9. The van der Waals surface area contributed by atoms with Gasteiger partial charge in [0, 0.05) is 129 Å². The Bertz CT molecular complexity index is 4260. The Labute approximate surface area is 858 Å². The Kier molecular flexibility index (Phi) is 55.2. The van der Waals surface area contributed by atoms with Crippen LogP contribution >= 0.6 is 61.1 Å². The highest BCUT2D eigenvalue weighted by atomic mass is 32.3. The molecule has 0 bridgehead atoms. The number of thioether (sulfide) groups is 1. The lowest BCUT2D eigenvalue weighted by atomic mass is 9.94. The van der Waals surface area contributed by atoms with Gasteiger partial charge < -0.3 is 150 Å². The molecule has 9 saturated heterocycles. The summed E-state index contributed by atoms with van der Waals surface area (Å²) in [6.45, 7) is -5.29. The fourth-order valence-corrected chi connectivity index (χ4v) is 22.1. The van der Waals surface area contributed by atoms with Gasteiger partial charge in [-0.15, -0.1) is 17.3 Å². The number of aliphatic hydroxyl groups excluding tert-OH is 1. The molecule has 0 aliphatic carbocycles. The van der Waals surface area contributed by atoms with E-state index < -0.39 is 308 Å². The molecule has 4 amide bonds. The summed E-state index contributed by atoms with van der Waals surface area (Å²) in [5.41, 5.74) is 0. The Balaban J connectivity index is 1.03. The average Bonchev–Trinajstić information content (AvgIpc) is 0.860. The number of rotatable bonds is 68. The van der Waals surface area contributed by atoms with E-state index in [-0.39, 0.29) is 105 Å². The first-order chi connectivity index (χ1) is 69.8. The molecule has 0 aromatic carbocycles. The summed E-state index contributed by atoms with van der Waals surface area (Å²) in [4.78, 5) is 39.2. The van der Waals surface area contributed by atoms with Crippen LogP contribution in [0.5, 0.6) is 0 Å². The summed E-state index contributed by atoms with van der Waals surface area (Å²) in [6, 6.07) is -0.153. The van der Waals surface area contributed by atoms with Crippen molar-refractivity contribution >= 4 is 120 Å². The molecule has 9 aliphatic heterocycles. The van der Waals surface area contributed by atoms with Gasteiger partial charge in [0.2, 0.25) is 11.8 Å². The number of nitrogens with one attached hydrogen (secondary N) is 4. The van der Waals surface area contributed by atoms with E-state index in [1.165, 1.54) is 78.2 Å². The van der Waals surface area contributed by atoms with Crippen LogP contribution in [0, 0.1) is 0 Å². The molecule has 17 unspecified atom stereocenters. The molecule has 854 valence electrons. The van der Waals surface area contributed by atoms with E-state index >= 15 is 0 Å². The second-order valence-corrected chi connectivity index (χ2v) is 39.8. The number of hydrogen-bond donors (Lipinski definition) is 13. The van der Waals surface area contributed by atoms with E-state index in [1.54, 1.807) is 11.8 Å². The van der Waals surface area contributed by atoms with Gasteiger partial charge in [-0.2, -0.15) is 45.4 Å². The van der Waals surface area contributed by atoms with Gasteiger partial charge in [0.25, 0.3) is 0 Å². The van der Waals surface area contributed by atoms with Crippen LogP contribution in [0.2, 0.25) is 0 Å². The summed E-state index contributed by atoms with van der Waals surface area (Å²) in [7, 11) is -5.83. The maximum absolute atomic E-state index is 14.3. The first kappa shape index (κ1) is 127. The number of hydrogen-bond acceptors (Lipinski definition) is 63. The highest BCUT2D eigenvalue weighted by Crippen LogP contribution is 2.46. The van der Waals surface area contributed by atoms with Crippen LogP contribution in [0.3, 0.4) is 0 Å². The molecular formula is C71H124N4O62S9. The molecule has 13 N–H and O–H groups in total. The number of fused-ring (bicyclic) bond motifs is 1. The molecule has 0 aromatic rings. The Morgan fingerprint density at radius 2 is 0.671 bits per heavy atom. The van der Waals surface area contributed by atoms with E-state index in [9.17, 15) is 81.9 Å². The molecule has 75 heteroatoms. The molecule has 9 aliphatic rings. The molecule has 0 aromatic heterocycles. The SMILES string of the molecule is COCC1O[C@@H](O[C@H]2C(OC)C(OC)[C@@H](O[C@H]3C(OC)C(OC)[C@H](O[C@@H]4C(COS(=O)(=O)O)O[C@@H](O)C(OC)[C@H]4OC)O[C@H]3COC)O[C@H]2COC)C(OC)[C@@H](OC)[C@@H]1O[C@H]1OC(CNC(=O)CCCCCNC(=O)CCCCC2SCC3NC(=O)NC32)[C@@H](O[C@@H]2O[C@@H](COS(=O)(=O)O)[C@@H](O[C@H]3O[C@@H](COS(=O)(=O)O)[C@@H](OSOOO)C(OSOOO)C3OSOOO)C(OSOOO)C2OS(=O)(=O)O)[C@H](OC)C1OC. The van der Waals surface area contributed by atoms with Gasteiger partial charge >= 0.3 is 47.6 Å². The predicted octanol–water partition coefficient (Wildman–Crippen LogP) is -2.90. The largest absolute Gasteiger partial charge is 0.397 e. The third kappa shape index (κ3) is 36.9. The van der Waals surface area contributed by atoms with Crippen LogP contribution in [0.15, 0.2) is 0 Å². The lowest BCUT2D eigenvalue weighted by Crippen LogP contribution is -2.69. The van der Waals surface area contributed by atoms with Crippen molar-refractivity contribution in [3.63, 3.8) is 0 Å². The van der Waals surface area contributed by atoms with Crippen molar-refractivity contribution in [2.75, 3.05) is 151 Å². The van der Waals surface area contributed by atoms with Crippen molar-refractivity contribution in [2.45, 2.75) is 284 Å². The van der Waals surface area contributed by atoms with Crippen LogP contribution in [-0.2, 0) is 245 Å². The number of aliphatic hydroxyl groups is 1. The quantitative estimate of drug-likeness (QED) is 0.00725. The number of carbonyl (C=O) groups is 3. The number of methoxy groups -OCH3 is 13. The van der Waals surface area contributed by atoms with Crippen LogP contribution in [0.1, 0.15) is 51.4 Å². The summed E-state index contributed by atoms with van der Waals surface area (Å²) in [6.07, 6.45) is -57.3. The highest BCUT2D eigenvalue weighted by Gasteiger charge is 2.63. The number of urea groups is 1. The van der Waals surface area contributed by atoms with E-state index in [4.69, 9.17) is 159 Å². The van der Waals surface area contributed by atoms with E-state index in [1.807, 2.05) is 0 Å². The molecule has 146 heavy (non-hydrogen) atoms. The van der Waals surface area contributed by atoms with Crippen LogP contribution in [-0.4, -0.2) is 479 Å². The Hall–Kier alpha value is -2.28. The number of ether oxygens (including phenoxy) is 26. The molecule has 38 atom stereocenters. The minimum Gasteiger partial charge on any atom is -0.382 e. The van der Waals surface area contributed by atoms with Crippen molar-refractivity contribution in [1.82, 2.24) is 21.3 Å². The third-order valence-electron chi connectivity index (χ3n) is 23.8. The fourth-order valence-electron chi connectivity index (χ4n) is 17.7. The maximum Gasteiger partial charge on any atom is 0.397 e. The van der Waals surface area contributed by atoms with Crippen molar-refractivity contribution < 1.29 is 287 Å². The van der Waals surface area contributed by atoms with Crippen molar-refractivity contribution in [3.8, 4) is 0 Å². The van der Waals surface area contributed by atoms with E-state index in [0.717, 1.165) is 32.8 Å². The van der Waals surface area contributed by atoms with Gasteiger partial charge in [0.05, 0.1) is 51.7 Å². The minimum absolute atomic E-state index is 0.00774. The summed E-state index contributed by atoms with van der Waals surface area (Å²) < 4.78 is 363. The molecule has 0 radical (unpaired) electrons. The number of unbranched alkanes of at least 4 members (excludes halogenated alkanes) is 3. The number of carbonyl (C=O) groups excluding carboxylic acids is 3. The van der Waals surface area contributed by atoms with Crippen LogP contribution in [0.4, 0.5) is 4.79 Å². The Morgan fingerprint density at radius 3 is 1.05 bits per heavy atom. The zero-order valence-corrected chi connectivity index (χ0v) is 87.1. The van der Waals surface area contributed by atoms with Gasteiger partial charge in [-0.25, -0.2) is 42.6 Å². The van der Waals surface area contributed by atoms with Gasteiger partial charge in [0.15, 0.2) is 106 Å². The van der Waals surface area contributed by atoms with Gasteiger partial charge in [-0.1, -0.05) is 33.0 Å². The smallest absolute Gasteiger partial charge is 0.382 e. The molecule has 9 fully saturated rings. The predicted molar refractivity (Wildman–Crippen MR) is 472 cm³/mol. The van der Waals surface area contributed by atoms with Crippen LogP contribution in [0.25, 0.3) is 0 Å². The lowest BCUT2D eigenvalue weighted by Gasteiger charge is -2.52. The van der Waals surface area contributed by atoms with Crippen molar-refractivity contribution in [2.24, 2.45) is 0 Å². The summed E-state index contributed by atoms with van der Waals surface area (Å²) in [5.74, 6) is -0.0900. The van der Waals surface area contributed by atoms with Gasteiger partial charge in [-0.05, 0) is 25.7 Å². The maximum atomic E-state index is 14.3.